The standard InChI is InChI=1S/C12H19N3O2S/c1-10-3-4-12(9-11(10)2)14-18(16,17)15-7-5-13-6-8-15/h3-4,9,13-14H,5-8H2,1-2H3. The highest BCUT2D eigenvalue weighted by Gasteiger charge is 2.23. The minimum Gasteiger partial charge on any atom is -0.314 e. The third kappa shape index (κ3) is 3.01. The fourth-order valence-electron chi connectivity index (χ4n) is 1.90. The molecule has 0 bridgehead atoms. The predicted molar refractivity (Wildman–Crippen MR) is 72.9 cm³/mol. The first-order chi connectivity index (χ1) is 8.49. The monoisotopic (exact) mass is 269 g/mol. The first-order valence-corrected chi connectivity index (χ1v) is 7.49. The van der Waals surface area contributed by atoms with Crippen LogP contribution in [0.3, 0.4) is 0 Å². The molecule has 1 aromatic carbocycles. The molecule has 0 unspecified atom stereocenters. The maximum atomic E-state index is 12.1. The average Bonchev–Trinajstić information content (AvgIpc) is 2.35. The highest BCUT2D eigenvalue weighted by Crippen LogP contribution is 2.16. The molecule has 1 saturated heterocycles. The minimum atomic E-state index is -3.42. The molecular formula is C12H19N3O2S. The molecule has 2 N–H and O–H groups in total. The van der Waals surface area contributed by atoms with E-state index in [-0.39, 0.29) is 0 Å². The summed E-state index contributed by atoms with van der Waals surface area (Å²) in [5.41, 5.74) is 2.85. The van der Waals surface area contributed by atoms with Crippen molar-refractivity contribution < 1.29 is 8.42 Å². The number of rotatable bonds is 3. The van der Waals surface area contributed by atoms with E-state index in [2.05, 4.69) is 10.0 Å². The van der Waals surface area contributed by atoms with Gasteiger partial charge in [0.05, 0.1) is 5.69 Å². The van der Waals surface area contributed by atoms with Crippen LogP contribution in [0.1, 0.15) is 11.1 Å². The Kier molecular flexibility index (Phi) is 3.89. The van der Waals surface area contributed by atoms with Crippen molar-refractivity contribution in [1.82, 2.24) is 9.62 Å². The molecule has 0 aromatic heterocycles. The van der Waals surface area contributed by atoms with Gasteiger partial charge in [-0.05, 0) is 37.1 Å². The fourth-order valence-corrected chi connectivity index (χ4v) is 3.12. The molecule has 1 aliphatic rings. The van der Waals surface area contributed by atoms with Crippen LogP contribution >= 0.6 is 0 Å². The molecule has 0 aliphatic carbocycles. The Balaban J connectivity index is 2.13. The zero-order valence-corrected chi connectivity index (χ0v) is 11.5. The summed E-state index contributed by atoms with van der Waals surface area (Å²) in [5.74, 6) is 0. The molecule has 1 aromatic rings. The van der Waals surface area contributed by atoms with Gasteiger partial charge in [0.2, 0.25) is 0 Å². The van der Waals surface area contributed by atoms with Crippen LogP contribution < -0.4 is 10.0 Å². The smallest absolute Gasteiger partial charge is 0.301 e. The average molecular weight is 269 g/mol. The summed E-state index contributed by atoms with van der Waals surface area (Å²) >= 11 is 0. The molecule has 0 saturated carbocycles. The van der Waals surface area contributed by atoms with E-state index in [9.17, 15) is 8.42 Å². The Morgan fingerprint density at radius 2 is 1.83 bits per heavy atom. The van der Waals surface area contributed by atoms with Crippen LogP contribution in [0.2, 0.25) is 0 Å². The number of hydrogen-bond donors (Lipinski definition) is 2. The summed E-state index contributed by atoms with van der Waals surface area (Å²) < 4.78 is 28.4. The third-order valence-electron chi connectivity index (χ3n) is 3.17. The van der Waals surface area contributed by atoms with Gasteiger partial charge in [0.15, 0.2) is 0 Å². The molecule has 6 heteroatoms. The van der Waals surface area contributed by atoms with E-state index in [4.69, 9.17) is 0 Å². The summed E-state index contributed by atoms with van der Waals surface area (Å²) in [4.78, 5) is 0. The van der Waals surface area contributed by atoms with E-state index in [1.807, 2.05) is 26.0 Å². The van der Waals surface area contributed by atoms with Crippen LogP contribution in [0.5, 0.6) is 0 Å². The third-order valence-corrected chi connectivity index (χ3v) is 4.71. The molecule has 0 radical (unpaired) electrons. The van der Waals surface area contributed by atoms with Crippen molar-refractivity contribution >= 4 is 15.9 Å². The lowest BCUT2D eigenvalue weighted by Gasteiger charge is -2.27. The van der Waals surface area contributed by atoms with E-state index in [1.54, 1.807) is 6.07 Å². The largest absolute Gasteiger partial charge is 0.314 e. The number of anilines is 1. The summed E-state index contributed by atoms with van der Waals surface area (Å²) in [6, 6.07) is 5.57. The van der Waals surface area contributed by atoms with Crippen molar-refractivity contribution in [3.63, 3.8) is 0 Å². The van der Waals surface area contributed by atoms with Crippen molar-refractivity contribution in [3.05, 3.63) is 29.3 Å². The van der Waals surface area contributed by atoms with E-state index in [0.29, 0.717) is 31.9 Å². The number of aryl methyl sites for hydroxylation is 2. The number of nitrogens with zero attached hydrogens (tertiary/aromatic N) is 1. The van der Waals surface area contributed by atoms with E-state index in [0.717, 1.165) is 11.1 Å². The Hall–Kier alpha value is -1.11. The topological polar surface area (TPSA) is 61.4 Å². The van der Waals surface area contributed by atoms with Gasteiger partial charge in [0.1, 0.15) is 0 Å². The van der Waals surface area contributed by atoms with E-state index >= 15 is 0 Å². The SMILES string of the molecule is Cc1ccc(NS(=O)(=O)N2CCNCC2)cc1C. The maximum absolute atomic E-state index is 12.1. The molecular weight excluding hydrogens is 250 g/mol. The molecule has 1 fully saturated rings. The lowest BCUT2D eigenvalue weighted by Crippen LogP contribution is -2.48. The zero-order valence-electron chi connectivity index (χ0n) is 10.7. The highest BCUT2D eigenvalue weighted by molar-refractivity contribution is 7.90. The molecule has 100 valence electrons. The van der Waals surface area contributed by atoms with E-state index in [1.165, 1.54) is 4.31 Å². The summed E-state index contributed by atoms with van der Waals surface area (Å²) in [6.07, 6.45) is 0. The number of piperazine rings is 1. The Labute approximate surface area is 108 Å². The van der Waals surface area contributed by atoms with E-state index < -0.39 is 10.2 Å². The van der Waals surface area contributed by atoms with Crippen molar-refractivity contribution in [1.29, 1.82) is 0 Å². The Morgan fingerprint density at radius 1 is 1.17 bits per heavy atom. The number of benzene rings is 1. The van der Waals surface area contributed by atoms with Gasteiger partial charge in [-0.1, -0.05) is 6.07 Å². The first kappa shape index (κ1) is 13.3. The summed E-state index contributed by atoms with van der Waals surface area (Å²) in [7, 11) is -3.42. The van der Waals surface area contributed by atoms with Gasteiger partial charge in [0, 0.05) is 26.2 Å². The van der Waals surface area contributed by atoms with Gasteiger partial charge < -0.3 is 5.32 Å². The van der Waals surface area contributed by atoms with Gasteiger partial charge in [0.25, 0.3) is 0 Å². The van der Waals surface area contributed by atoms with Crippen LogP contribution in [0.4, 0.5) is 5.69 Å². The van der Waals surface area contributed by atoms with Crippen LogP contribution in [0, 0.1) is 13.8 Å². The van der Waals surface area contributed by atoms with Crippen molar-refractivity contribution in [2.75, 3.05) is 30.9 Å². The van der Waals surface area contributed by atoms with Crippen molar-refractivity contribution in [2.24, 2.45) is 0 Å². The molecule has 0 amide bonds. The second kappa shape index (κ2) is 5.26. The first-order valence-electron chi connectivity index (χ1n) is 6.05. The summed E-state index contributed by atoms with van der Waals surface area (Å²) in [6.45, 7) is 6.41. The molecule has 1 heterocycles. The molecule has 1 aliphatic heterocycles. The normalized spacial score (nSPS) is 17.7. The lowest BCUT2D eigenvalue weighted by atomic mass is 10.1. The number of nitrogens with one attached hydrogen (secondary N) is 2. The van der Waals surface area contributed by atoms with Crippen LogP contribution in [0.15, 0.2) is 18.2 Å². The fraction of sp³-hybridized carbons (Fsp3) is 0.500. The van der Waals surface area contributed by atoms with Gasteiger partial charge >= 0.3 is 10.2 Å². The Bertz CT molecular complexity index is 522. The molecule has 0 atom stereocenters. The van der Waals surface area contributed by atoms with Gasteiger partial charge in [-0.3, -0.25) is 4.72 Å². The van der Waals surface area contributed by atoms with Crippen LogP contribution in [-0.2, 0) is 10.2 Å². The quantitative estimate of drug-likeness (QED) is 0.856. The molecule has 5 nitrogen and oxygen atoms in total. The second-order valence-corrected chi connectivity index (χ2v) is 6.23. The maximum Gasteiger partial charge on any atom is 0.301 e. The van der Waals surface area contributed by atoms with Gasteiger partial charge in [-0.2, -0.15) is 12.7 Å². The zero-order chi connectivity index (χ0) is 13.2. The lowest BCUT2D eigenvalue weighted by molar-refractivity contribution is 0.362. The minimum absolute atomic E-state index is 0.514. The predicted octanol–water partition coefficient (Wildman–Crippen LogP) is 0.865. The van der Waals surface area contributed by atoms with Gasteiger partial charge in [-0.25, -0.2) is 0 Å². The number of hydrogen-bond acceptors (Lipinski definition) is 3. The Morgan fingerprint density at radius 3 is 2.44 bits per heavy atom. The van der Waals surface area contributed by atoms with Gasteiger partial charge in [-0.15, -0.1) is 0 Å². The molecule has 0 spiro atoms. The van der Waals surface area contributed by atoms with Crippen LogP contribution in [-0.4, -0.2) is 38.9 Å². The molecule has 18 heavy (non-hydrogen) atoms. The van der Waals surface area contributed by atoms with Crippen molar-refractivity contribution in [3.8, 4) is 0 Å². The second-order valence-electron chi connectivity index (χ2n) is 4.56. The molecule has 2 rings (SSSR count). The highest BCUT2D eigenvalue weighted by atomic mass is 32.2. The van der Waals surface area contributed by atoms with Crippen LogP contribution in [0.25, 0.3) is 0 Å². The summed E-state index contributed by atoms with van der Waals surface area (Å²) in [5, 5.41) is 3.13. The van der Waals surface area contributed by atoms with Crippen molar-refractivity contribution in [2.45, 2.75) is 13.8 Å².